The molecule has 2 amide bonds. The van der Waals surface area contributed by atoms with Gasteiger partial charge in [-0.1, -0.05) is 12.1 Å². The van der Waals surface area contributed by atoms with E-state index in [4.69, 9.17) is 5.26 Å². The van der Waals surface area contributed by atoms with Gasteiger partial charge >= 0.3 is 11.9 Å². The molecule has 11 nitrogen and oxygen atoms in total. The molecule has 0 bridgehead atoms. The van der Waals surface area contributed by atoms with Gasteiger partial charge in [0, 0.05) is 38.7 Å². The van der Waals surface area contributed by atoms with Crippen molar-refractivity contribution in [2.24, 2.45) is 7.05 Å². The van der Waals surface area contributed by atoms with E-state index in [0.717, 1.165) is 26.5 Å². The maximum Gasteiger partial charge on any atom is 0.376 e. The first kappa shape index (κ1) is 30.1. The normalized spacial score (nSPS) is 16.5. The van der Waals surface area contributed by atoms with Gasteiger partial charge in [-0.3, -0.25) is 14.3 Å². The third kappa shape index (κ3) is 5.42. The first-order chi connectivity index (χ1) is 19.1. The molecule has 14 heteroatoms. The number of rotatable bonds is 10. The highest BCUT2D eigenvalue weighted by Gasteiger charge is 2.63. The third-order valence-electron chi connectivity index (χ3n) is 7.73. The zero-order valence-corrected chi connectivity index (χ0v) is 24.0. The van der Waals surface area contributed by atoms with Gasteiger partial charge in [-0.15, -0.1) is 0 Å². The van der Waals surface area contributed by atoms with Crippen LogP contribution in [0.5, 0.6) is 0 Å². The molecule has 0 spiro atoms. The molecule has 0 radical (unpaired) electrons. The maximum absolute atomic E-state index is 14.4. The summed E-state index contributed by atoms with van der Waals surface area (Å²) in [6.07, 6.45) is -0.632. The van der Waals surface area contributed by atoms with Gasteiger partial charge in [-0.05, 0) is 50.8 Å². The van der Waals surface area contributed by atoms with Crippen molar-refractivity contribution in [3.63, 3.8) is 0 Å². The van der Waals surface area contributed by atoms with Crippen molar-refractivity contribution in [3.05, 3.63) is 52.3 Å². The Morgan fingerprint density at radius 2 is 1.85 bits per heavy atom. The monoisotopic (exact) mass is 591 g/mol. The zero-order valence-electron chi connectivity index (χ0n) is 23.2. The number of amides is 2. The van der Waals surface area contributed by atoms with E-state index in [1.165, 1.54) is 16.6 Å². The summed E-state index contributed by atoms with van der Waals surface area (Å²) < 4.78 is 58.0. The minimum absolute atomic E-state index is 0.0871. The van der Waals surface area contributed by atoms with Gasteiger partial charge in [0.15, 0.2) is 15.5 Å². The van der Waals surface area contributed by atoms with E-state index in [9.17, 15) is 31.6 Å². The number of hydrogen-bond acceptors (Lipinski definition) is 8. The summed E-state index contributed by atoms with van der Waals surface area (Å²) in [5, 5.41) is 15.9. The summed E-state index contributed by atoms with van der Waals surface area (Å²) in [4.78, 5) is 39.3. The molecule has 2 aliphatic rings. The lowest BCUT2D eigenvalue weighted by molar-refractivity contribution is -0.170. The van der Waals surface area contributed by atoms with Crippen LogP contribution in [0.3, 0.4) is 0 Å². The van der Waals surface area contributed by atoms with E-state index < -0.39 is 49.5 Å². The number of nitrogens with zero attached hydrogens (tertiary/aromatic N) is 4. The summed E-state index contributed by atoms with van der Waals surface area (Å²) in [6, 6.07) is 8.72. The molecule has 1 aliphatic heterocycles. The molecular formula is C27H31F2N5O6S. The number of nitrogens with one attached hydrogen (secondary N) is 1. The fraction of sp³-hybridized carbons (Fsp3) is 0.519. The van der Waals surface area contributed by atoms with Gasteiger partial charge in [-0.2, -0.15) is 19.1 Å². The molecule has 1 aromatic heterocycles. The number of nitriles is 1. The van der Waals surface area contributed by atoms with Crippen LogP contribution in [0.4, 0.5) is 8.78 Å². The Kier molecular flexibility index (Phi) is 7.72. The predicted molar refractivity (Wildman–Crippen MR) is 142 cm³/mol. The van der Waals surface area contributed by atoms with Gasteiger partial charge in [0.1, 0.15) is 5.69 Å². The highest BCUT2D eigenvalue weighted by atomic mass is 32.2. The second-order valence-corrected chi connectivity index (χ2v) is 14.1. The average molecular weight is 592 g/mol. The van der Waals surface area contributed by atoms with Crippen LogP contribution in [0.2, 0.25) is 0 Å². The van der Waals surface area contributed by atoms with Gasteiger partial charge in [0.25, 0.3) is 11.8 Å². The van der Waals surface area contributed by atoms with Crippen LogP contribution in [-0.4, -0.2) is 76.5 Å². The molecule has 1 aliphatic carbocycles. The number of benzene rings is 1. The molecule has 2 heterocycles. The molecule has 1 saturated carbocycles. The number of carbonyl (C=O) groups excluding carboxylic acids is 3. The molecule has 1 fully saturated rings. The van der Waals surface area contributed by atoms with Crippen molar-refractivity contribution in [1.82, 2.24) is 20.0 Å². The number of halogens is 2. The van der Waals surface area contributed by atoms with Crippen molar-refractivity contribution in [2.75, 3.05) is 20.2 Å². The third-order valence-corrected chi connectivity index (χ3v) is 11.0. The highest BCUT2D eigenvalue weighted by Crippen LogP contribution is 2.51. The lowest BCUT2D eigenvalue weighted by Gasteiger charge is -2.36. The molecule has 2 aromatic rings. The fourth-order valence-electron chi connectivity index (χ4n) is 5.30. The number of methoxy groups -OCH3 is 1. The van der Waals surface area contributed by atoms with Crippen LogP contribution in [0.15, 0.2) is 24.3 Å². The standard InChI is InChI=1S/C27H31F2N5O6S/c1-25(2,15-27(28,29)24(37)40-4)41(38,39)26(10-11-26)16-34-12-9-19-20(32-33(3)21(19)23(34)36)22(35)31-14-18-7-5-17(13-30)6-8-18/h5-8H,9-12,14-16H2,1-4H3,(H,31,35). The predicted octanol–water partition coefficient (Wildman–Crippen LogP) is 2.14. The molecule has 0 atom stereocenters. The Balaban J connectivity index is 1.49. The van der Waals surface area contributed by atoms with Crippen molar-refractivity contribution in [3.8, 4) is 6.07 Å². The number of hydrogen-bond donors (Lipinski definition) is 1. The van der Waals surface area contributed by atoms with E-state index >= 15 is 0 Å². The van der Waals surface area contributed by atoms with Crippen molar-refractivity contribution in [2.45, 2.75) is 61.5 Å². The summed E-state index contributed by atoms with van der Waals surface area (Å²) in [7, 11) is -1.93. The van der Waals surface area contributed by atoms with E-state index in [1.54, 1.807) is 24.3 Å². The second-order valence-electron chi connectivity index (χ2n) is 11.1. The minimum atomic E-state index is -4.24. The SMILES string of the molecule is COC(=O)C(F)(F)CC(C)(C)S(=O)(=O)C1(CN2CCc3c(C(=O)NCc4ccc(C#N)cc4)nn(C)c3C2=O)CC1. The number of ether oxygens (including phenoxy) is 1. The Morgan fingerprint density at radius 1 is 1.22 bits per heavy atom. The zero-order chi connectivity index (χ0) is 30.4. The molecule has 41 heavy (non-hydrogen) atoms. The summed E-state index contributed by atoms with van der Waals surface area (Å²) in [6.45, 7) is 2.40. The molecule has 1 N–H and O–H groups in total. The molecule has 220 valence electrons. The number of alkyl halides is 2. The lowest BCUT2D eigenvalue weighted by atomic mass is 10.0. The van der Waals surface area contributed by atoms with Crippen LogP contribution < -0.4 is 5.32 Å². The van der Waals surface area contributed by atoms with Gasteiger partial charge in [0.05, 0.1) is 28.2 Å². The summed E-state index contributed by atoms with van der Waals surface area (Å²) in [5.41, 5.74) is 1.95. The van der Waals surface area contributed by atoms with Crippen molar-refractivity contribution in [1.29, 1.82) is 5.26 Å². The number of esters is 1. The molecular weight excluding hydrogens is 560 g/mol. The number of aromatic nitrogens is 2. The quantitative estimate of drug-likeness (QED) is 0.413. The first-order valence-corrected chi connectivity index (χ1v) is 14.4. The number of fused-ring (bicyclic) bond motifs is 1. The van der Waals surface area contributed by atoms with Gasteiger partial charge < -0.3 is 15.0 Å². The van der Waals surface area contributed by atoms with E-state index in [1.807, 2.05) is 6.07 Å². The Hall–Kier alpha value is -3.86. The summed E-state index contributed by atoms with van der Waals surface area (Å²) in [5.74, 6) is -6.80. The lowest BCUT2D eigenvalue weighted by Crippen LogP contribution is -2.52. The van der Waals surface area contributed by atoms with E-state index in [2.05, 4.69) is 15.2 Å². The van der Waals surface area contributed by atoms with Crippen molar-refractivity contribution < 1.29 is 36.3 Å². The molecule has 1 aromatic carbocycles. The Morgan fingerprint density at radius 3 is 2.41 bits per heavy atom. The van der Waals surface area contributed by atoms with Crippen LogP contribution in [-0.2, 0) is 39.4 Å². The largest absolute Gasteiger partial charge is 0.465 e. The Bertz CT molecular complexity index is 1540. The molecule has 0 saturated heterocycles. The van der Waals surface area contributed by atoms with Crippen LogP contribution >= 0.6 is 0 Å². The minimum Gasteiger partial charge on any atom is -0.465 e. The smallest absolute Gasteiger partial charge is 0.376 e. The van der Waals surface area contributed by atoms with Crippen LogP contribution in [0.1, 0.15) is 70.8 Å². The van der Waals surface area contributed by atoms with Gasteiger partial charge in [0.2, 0.25) is 0 Å². The number of aryl methyl sites for hydroxylation is 1. The van der Waals surface area contributed by atoms with Crippen LogP contribution in [0.25, 0.3) is 0 Å². The molecule has 4 rings (SSSR count). The number of sulfone groups is 1. The fourth-order valence-corrected chi connectivity index (χ4v) is 7.81. The maximum atomic E-state index is 14.4. The Labute approximate surface area is 236 Å². The van der Waals surface area contributed by atoms with Crippen LogP contribution in [0, 0.1) is 11.3 Å². The molecule has 0 unspecified atom stereocenters. The average Bonchev–Trinajstić information content (AvgIpc) is 3.64. The second kappa shape index (κ2) is 10.5. The van der Waals surface area contributed by atoms with Gasteiger partial charge in [-0.25, -0.2) is 13.2 Å². The number of carbonyl (C=O) groups is 3. The van der Waals surface area contributed by atoms with E-state index in [-0.39, 0.29) is 50.3 Å². The highest BCUT2D eigenvalue weighted by molar-refractivity contribution is 7.94. The topological polar surface area (TPSA) is 151 Å². The van der Waals surface area contributed by atoms with E-state index in [0.29, 0.717) is 11.1 Å². The summed E-state index contributed by atoms with van der Waals surface area (Å²) >= 11 is 0. The van der Waals surface area contributed by atoms with Crippen molar-refractivity contribution >= 4 is 27.6 Å². The first-order valence-electron chi connectivity index (χ1n) is 12.9.